The molecule has 0 spiro atoms. The zero-order chi connectivity index (χ0) is 13.5. The molecule has 2 aliphatic carbocycles. The van der Waals surface area contributed by atoms with Gasteiger partial charge in [0, 0.05) is 23.5 Å². The second-order valence-corrected chi connectivity index (χ2v) is 5.32. The van der Waals surface area contributed by atoms with Gasteiger partial charge in [-0.15, -0.1) is 0 Å². The number of ether oxygens (including phenoxy) is 1. The van der Waals surface area contributed by atoms with Gasteiger partial charge in [-0.25, -0.2) is 0 Å². The third-order valence-corrected chi connectivity index (χ3v) is 3.80. The summed E-state index contributed by atoms with van der Waals surface area (Å²) in [4.78, 5) is 16.0. The summed E-state index contributed by atoms with van der Waals surface area (Å²) in [5.41, 5.74) is 1.79. The third kappa shape index (κ3) is 1.99. The molecule has 0 aliphatic heterocycles. The van der Waals surface area contributed by atoms with E-state index in [0.717, 1.165) is 42.0 Å². The van der Waals surface area contributed by atoms with Crippen LogP contribution in [0, 0.1) is 0 Å². The van der Waals surface area contributed by atoms with Gasteiger partial charge in [-0.3, -0.25) is 4.79 Å². The molecule has 5 heteroatoms. The average molecular weight is 270 g/mol. The van der Waals surface area contributed by atoms with Crippen molar-refractivity contribution in [2.45, 2.75) is 38.2 Å². The van der Waals surface area contributed by atoms with Gasteiger partial charge in [0.1, 0.15) is 5.75 Å². The molecule has 5 nitrogen and oxygen atoms in total. The lowest BCUT2D eigenvalue weighted by molar-refractivity contribution is 0.0994. The van der Waals surface area contributed by atoms with Crippen molar-refractivity contribution in [2.75, 3.05) is 0 Å². The van der Waals surface area contributed by atoms with Crippen molar-refractivity contribution in [1.82, 2.24) is 10.1 Å². The largest absolute Gasteiger partial charge is 0.485 e. The minimum Gasteiger partial charge on any atom is -0.485 e. The van der Waals surface area contributed by atoms with E-state index < -0.39 is 0 Å². The number of Topliss-reactive ketones (excluding diaryl/α,β-unsaturated/α-hetero) is 1. The molecule has 0 amide bonds. The SMILES string of the molecule is O=C1CCc2c(OCc3noc(C4CC4)n3)cccc21. The lowest BCUT2D eigenvalue weighted by Gasteiger charge is -2.08. The maximum absolute atomic E-state index is 11.7. The van der Waals surface area contributed by atoms with E-state index in [9.17, 15) is 4.79 Å². The molecular formula is C15H14N2O3. The lowest BCUT2D eigenvalue weighted by Crippen LogP contribution is -2.00. The Balaban J connectivity index is 1.50. The van der Waals surface area contributed by atoms with Crippen molar-refractivity contribution in [3.63, 3.8) is 0 Å². The van der Waals surface area contributed by atoms with Gasteiger partial charge in [-0.05, 0) is 25.3 Å². The zero-order valence-corrected chi connectivity index (χ0v) is 11.0. The van der Waals surface area contributed by atoms with Crippen molar-refractivity contribution in [3.8, 4) is 5.75 Å². The summed E-state index contributed by atoms with van der Waals surface area (Å²) in [7, 11) is 0. The number of fused-ring (bicyclic) bond motifs is 1. The highest BCUT2D eigenvalue weighted by molar-refractivity contribution is 6.01. The zero-order valence-electron chi connectivity index (χ0n) is 11.0. The Kier molecular flexibility index (Phi) is 2.58. The minimum atomic E-state index is 0.195. The smallest absolute Gasteiger partial charge is 0.229 e. The fourth-order valence-electron chi connectivity index (χ4n) is 2.56. The maximum atomic E-state index is 11.7. The summed E-state index contributed by atoms with van der Waals surface area (Å²) >= 11 is 0. The molecule has 4 rings (SSSR count). The summed E-state index contributed by atoms with van der Waals surface area (Å²) in [6.45, 7) is 0.279. The molecule has 0 saturated heterocycles. The van der Waals surface area contributed by atoms with Crippen molar-refractivity contribution >= 4 is 5.78 Å². The first-order chi connectivity index (χ1) is 9.81. The van der Waals surface area contributed by atoms with Gasteiger partial charge in [0.15, 0.2) is 12.4 Å². The van der Waals surface area contributed by atoms with Crippen LogP contribution in [0.3, 0.4) is 0 Å². The number of ketones is 1. The quantitative estimate of drug-likeness (QED) is 0.854. The van der Waals surface area contributed by atoms with Crippen LogP contribution in [-0.2, 0) is 13.0 Å². The number of aromatic nitrogens is 2. The summed E-state index contributed by atoms with van der Waals surface area (Å²) in [5.74, 6) is 2.69. The maximum Gasteiger partial charge on any atom is 0.229 e. The van der Waals surface area contributed by atoms with Gasteiger partial charge >= 0.3 is 0 Å². The summed E-state index contributed by atoms with van der Waals surface area (Å²) < 4.78 is 11.0. The van der Waals surface area contributed by atoms with Gasteiger partial charge in [0.2, 0.25) is 11.7 Å². The van der Waals surface area contributed by atoms with E-state index in [2.05, 4.69) is 10.1 Å². The minimum absolute atomic E-state index is 0.195. The fourth-order valence-corrected chi connectivity index (χ4v) is 2.56. The van der Waals surface area contributed by atoms with E-state index in [1.54, 1.807) is 0 Å². The topological polar surface area (TPSA) is 65.2 Å². The van der Waals surface area contributed by atoms with Crippen LogP contribution in [0.15, 0.2) is 22.7 Å². The number of carbonyl (C=O) groups is 1. The number of hydrogen-bond acceptors (Lipinski definition) is 5. The summed E-state index contributed by atoms with van der Waals surface area (Å²) in [6.07, 6.45) is 3.60. The Labute approximate surface area is 115 Å². The first-order valence-corrected chi connectivity index (χ1v) is 6.91. The summed E-state index contributed by atoms with van der Waals surface area (Å²) in [6, 6.07) is 5.60. The van der Waals surface area contributed by atoms with Gasteiger partial charge in [-0.1, -0.05) is 17.3 Å². The highest BCUT2D eigenvalue weighted by Crippen LogP contribution is 2.39. The summed E-state index contributed by atoms with van der Waals surface area (Å²) in [5, 5.41) is 3.92. The van der Waals surface area contributed by atoms with E-state index >= 15 is 0 Å². The molecule has 102 valence electrons. The van der Waals surface area contributed by atoms with Gasteiger partial charge in [0.25, 0.3) is 0 Å². The lowest BCUT2D eigenvalue weighted by atomic mass is 10.1. The molecule has 1 heterocycles. The van der Waals surface area contributed by atoms with E-state index in [4.69, 9.17) is 9.26 Å². The Hall–Kier alpha value is -2.17. The van der Waals surface area contributed by atoms with Crippen LogP contribution in [0.5, 0.6) is 5.75 Å². The second kappa shape index (κ2) is 4.44. The van der Waals surface area contributed by atoms with Gasteiger partial charge < -0.3 is 9.26 Å². The van der Waals surface area contributed by atoms with Crippen molar-refractivity contribution < 1.29 is 14.1 Å². The van der Waals surface area contributed by atoms with Crippen LogP contribution in [0.25, 0.3) is 0 Å². The molecule has 0 bridgehead atoms. The van der Waals surface area contributed by atoms with E-state index in [-0.39, 0.29) is 12.4 Å². The molecular weight excluding hydrogens is 256 g/mol. The van der Waals surface area contributed by atoms with Crippen molar-refractivity contribution in [2.24, 2.45) is 0 Å². The Morgan fingerprint density at radius 2 is 2.20 bits per heavy atom. The molecule has 1 saturated carbocycles. The van der Waals surface area contributed by atoms with Crippen LogP contribution >= 0.6 is 0 Å². The second-order valence-electron chi connectivity index (χ2n) is 5.32. The van der Waals surface area contributed by atoms with E-state index in [1.165, 1.54) is 0 Å². The van der Waals surface area contributed by atoms with Crippen LogP contribution in [0.4, 0.5) is 0 Å². The monoisotopic (exact) mass is 270 g/mol. The molecule has 2 aliphatic rings. The van der Waals surface area contributed by atoms with E-state index in [0.29, 0.717) is 18.2 Å². The average Bonchev–Trinajstić information content (AvgIpc) is 3.09. The molecule has 0 unspecified atom stereocenters. The van der Waals surface area contributed by atoms with Crippen LogP contribution in [-0.4, -0.2) is 15.9 Å². The predicted octanol–water partition coefficient (Wildman–Crippen LogP) is 2.65. The van der Waals surface area contributed by atoms with Gasteiger partial charge in [-0.2, -0.15) is 4.98 Å². The number of carbonyl (C=O) groups excluding carboxylic acids is 1. The normalized spacial score (nSPS) is 17.3. The Morgan fingerprint density at radius 3 is 3.05 bits per heavy atom. The fraction of sp³-hybridized carbons (Fsp3) is 0.400. The predicted molar refractivity (Wildman–Crippen MR) is 69.7 cm³/mol. The molecule has 1 aromatic heterocycles. The first-order valence-electron chi connectivity index (χ1n) is 6.91. The molecule has 0 atom stereocenters. The molecule has 2 aromatic rings. The number of hydrogen-bond donors (Lipinski definition) is 0. The van der Waals surface area contributed by atoms with Crippen LogP contribution in [0.2, 0.25) is 0 Å². The van der Waals surface area contributed by atoms with Crippen molar-refractivity contribution in [1.29, 1.82) is 0 Å². The molecule has 0 N–H and O–H groups in total. The van der Waals surface area contributed by atoms with Crippen LogP contribution < -0.4 is 4.74 Å². The van der Waals surface area contributed by atoms with Crippen molar-refractivity contribution in [3.05, 3.63) is 41.0 Å². The molecule has 1 fully saturated rings. The highest BCUT2D eigenvalue weighted by Gasteiger charge is 2.29. The first kappa shape index (κ1) is 11.6. The van der Waals surface area contributed by atoms with E-state index in [1.807, 2.05) is 18.2 Å². The number of nitrogens with zero attached hydrogens (tertiary/aromatic N) is 2. The number of benzene rings is 1. The third-order valence-electron chi connectivity index (χ3n) is 3.80. The van der Waals surface area contributed by atoms with Gasteiger partial charge in [0.05, 0.1) is 0 Å². The Bertz CT molecular complexity index is 674. The molecule has 20 heavy (non-hydrogen) atoms. The highest BCUT2D eigenvalue weighted by atomic mass is 16.5. The Morgan fingerprint density at radius 1 is 1.30 bits per heavy atom. The molecule has 1 aromatic carbocycles. The standard InChI is InChI=1S/C15H14N2O3/c18-12-7-6-11-10(12)2-1-3-13(11)19-8-14-16-15(20-17-14)9-4-5-9/h1-3,9H,4-8H2. The number of rotatable bonds is 4. The molecule has 0 radical (unpaired) electrons. The van der Waals surface area contributed by atoms with Crippen LogP contribution in [0.1, 0.15) is 52.8 Å².